The molecule has 17 heavy (non-hydrogen) atoms. The standard InChI is InChI=1S/C14H18N2O/c1-12-4-2-3-5-13(12)6-7-16-9-14(8-15)10-17-11-14/h2-5,16H,6-7,9-11H2,1H3. The first kappa shape index (κ1) is 12.1. The molecule has 1 heterocycles. The number of ether oxygens (including phenoxy) is 1. The molecule has 0 saturated carbocycles. The average molecular weight is 230 g/mol. The van der Waals surface area contributed by atoms with Crippen molar-refractivity contribution in [2.24, 2.45) is 5.41 Å². The minimum atomic E-state index is -0.272. The molecular formula is C14H18N2O. The summed E-state index contributed by atoms with van der Waals surface area (Å²) in [6.45, 7) is 4.91. The predicted molar refractivity (Wildman–Crippen MR) is 66.6 cm³/mol. The molecule has 2 rings (SSSR count). The van der Waals surface area contributed by atoms with Gasteiger partial charge in [-0.05, 0) is 31.0 Å². The van der Waals surface area contributed by atoms with Crippen molar-refractivity contribution in [1.29, 1.82) is 5.26 Å². The van der Waals surface area contributed by atoms with Crippen LogP contribution in [0, 0.1) is 23.7 Å². The van der Waals surface area contributed by atoms with Crippen LogP contribution in [0.1, 0.15) is 11.1 Å². The fraction of sp³-hybridized carbons (Fsp3) is 0.500. The zero-order valence-electron chi connectivity index (χ0n) is 10.2. The molecule has 0 radical (unpaired) electrons. The summed E-state index contributed by atoms with van der Waals surface area (Å²) in [5.41, 5.74) is 2.43. The molecule has 0 spiro atoms. The van der Waals surface area contributed by atoms with Crippen LogP contribution in [0.2, 0.25) is 0 Å². The highest BCUT2D eigenvalue weighted by atomic mass is 16.5. The van der Waals surface area contributed by atoms with E-state index in [9.17, 15) is 0 Å². The van der Waals surface area contributed by atoms with Gasteiger partial charge in [-0.25, -0.2) is 0 Å². The van der Waals surface area contributed by atoms with Crippen LogP contribution in [0.3, 0.4) is 0 Å². The van der Waals surface area contributed by atoms with Crippen LogP contribution in [-0.4, -0.2) is 26.3 Å². The molecule has 0 unspecified atom stereocenters. The Bertz CT molecular complexity index is 418. The highest BCUT2D eigenvalue weighted by Crippen LogP contribution is 2.25. The molecule has 3 nitrogen and oxygen atoms in total. The van der Waals surface area contributed by atoms with Crippen molar-refractivity contribution in [2.75, 3.05) is 26.3 Å². The van der Waals surface area contributed by atoms with Gasteiger partial charge in [0.25, 0.3) is 0 Å². The van der Waals surface area contributed by atoms with E-state index in [1.807, 2.05) is 0 Å². The molecule has 1 aliphatic rings. The Morgan fingerprint density at radius 2 is 2.18 bits per heavy atom. The van der Waals surface area contributed by atoms with Gasteiger partial charge in [0.1, 0.15) is 5.41 Å². The van der Waals surface area contributed by atoms with Gasteiger partial charge in [-0.15, -0.1) is 0 Å². The van der Waals surface area contributed by atoms with Crippen LogP contribution in [-0.2, 0) is 11.2 Å². The monoisotopic (exact) mass is 230 g/mol. The van der Waals surface area contributed by atoms with Crippen LogP contribution in [0.5, 0.6) is 0 Å². The van der Waals surface area contributed by atoms with E-state index < -0.39 is 0 Å². The van der Waals surface area contributed by atoms with Crippen molar-refractivity contribution in [3.63, 3.8) is 0 Å². The smallest absolute Gasteiger partial charge is 0.116 e. The Morgan fingerprint density at radius 1 is 1.41 bits per heavy atom. The Labute approximate surface area is 102 Å². The number of hydrogen-bond donors (Lipinski definition) is 1. The highest BCUT2D eigenvalue weighted by Gasteiger charge is 2.38. The van der Waals surface area contributed by atoms with Crippen LogP contribution < -0.4 is 5.32 Å². The first-order valence-corrected chi connectivity index (χ1v) is 6.00. The van der Waals surface area contributed by atoms with E-state index in [1.165, 1.54) is 11.1 Å². The number of rotatable bonds is 5. The van der Waals surface area contributed by atoms with Crippen molar-refractivity contribution in [1.82, 2.24) is 5.32 Å². The third-order valence-electron chi connectivity index (χ3n) is 3.29. The normalized spacial score (nSPS) is 17.2. The van der Waals surface area contributed by atoms with E-state index in [-0.39, 0.29) is 5.41 Å². The molecule has 1 aromatic rings. The minimum absolute atomic E-state index is 0.272. The maximum atomic E-state index is 9.03. The van der Waals surface area contributed by atoms with Crippen molar-refractivity contribution in [2.45, 2.75) is 13.3 Å². The van der Waals surface area contributed by atoms with E-state index >= 15 is 0 Å². The molecule has 90 valence electrons. The average Bonchev–Trinajstić information content (AvgIpc) is 2.29. The van der Waals surface area contributed by atoms with Crippen molar-refractivity contribution < 1.29 is 4.74 Å². The fourth-order valence-electron chi connectivity index (χ4n) is 2.00. The maximum Gasteiger partial charge on any atom is 0.116 e. The molecule has 0 amide bonds. The van der Waals surface area contributed by atoms with Crippen LogP contribution in [0.4, 0.5) is 0 Å². The van der Waals surface area contributed by atoms with E-state index in [4.69, 9.17) is 10.00 Å². The van der Waals surface area contributed by atoms with Gasteiger partial charge in [-0.3, -0.25) is 0 Å². The third kappa shape index (κ3) is 2.85. The van der Waals surface area contributed by atoms with E-state index in [0.29, 0.717) is 13.2 Å². The van der Waals surface area contributed by atoms with Crippen molar-refractivity contribution in [3.05, 3.63) is 35.4 Å². The first-order valence-electron chi connectivity index (χ1n) is 6.00. The first-order chi connectivity index (χ1) is 8.26. The molecule has 3 heteroatoms. The maximum absolute atomic E-state index is 9.03. The molecule has 1 fully saturated rings. The summed E-state index contributed by atoms with van der Waals surface area (Å²) in [5, 5.41) is 12.4. The SMILES string of the molecule is Cc1ccccc1CCNCC1(C#N)COC1. The highest BCUT2D eigenvalue weighted by molar-refractivity contribution is 5.25. The minimum Gasteiger partial charge on any atom is -0.378 e. The third-order valence-corrected chi connectivity index (χ3v) is 3.29. The van der Waals surface area contributed by atoms with Gasteiger partial charge in [-0.2, -0.15) is 5.26 Å². The molecule has 0 atom stereocenters. The summed E-state index contributed by atoms with van der Waals surface area (Å²) in [5.74, 6) is 0. The summed E-state index contributed by atoms with van der Waals surface area (Å²) in [4.78, 5) is 0. The summed E-state index contributed by atoms with van der Waals surface area (Å²) < 4.78 is 5.10. The number of nitriles is 1. The van der Waals surface area contributed by atoms with E-state index in [2.05, 4.69) is 42.6 Å². The predicted octanol–water partition coefficient (Wildman–Crippen LogP) is 1.67. The zero-order chi connectivity index (χ0) is 12.1. The lowest BCUT2D eigenvalue weighted by molar-refractivity contribution is -0.0752. The zero-order valence-corrected chi connectivity index (χ0v) is 10.2. The lowest BCUT2D eigenvalue weighted by Gasteiger charge is -2.35. The Kier molecular flexibility index (Phi) is 3.78. The molecule has 1 aliphatic heterocycles. The van der Waals surface area contributed by atoms with Gasteiger partial charge >= 0.3 is 0 Å². The van der Waals surface area contributed by atoms with Gasteiger partial charge in [0.2, 0.25) is 0 Å². The summed E-state index contributed by atoms with van der Waals surface area (Å²) in [6.07, 6.45) is 1.01. The Morgan fingerprint density at radius 3 is 2.76 bits per heavy atom. The fourth-order valence-corrected chi connectivity index (χ4v) is 2.00. The Balaban J connectivity index is 1.74. The van der Waals surface area contributed by atoms with E-state index in [0.717, 1.165) is 19.5 Å². The van der Waals surface area contributed by atoms with Gasteiger partial charge in [0.15, 0.2) is 0 Å². The number of hydrogen-bond acceptors (Lipinski definition) is 3. The van der Waals surface area contributed by atoms with Gasteiger partial charge < -0.3 is 10.1 Å². The lowest BCUT2D eigenvalue weighted by Crippen LogP contribution is -2.48. The second-order valence-corrected chi connectivity index (χ2v) is 4.74. The van der Waals surface area contributed by atoms with Crippen LogP contribution in [0.15, 0.2) is 24.3 Å². The van der Waals surface area contributed by atoms with Gasteiger partial charge in [0.05, 0.1) is 19.3 Å². The lowest BCUT2D eigenvalue weighted by atomic mass is 9.88. The number of aryl methyl sites for hydroxylation is 1. The quantitative estimate of drug-likeness (QED) is 0.783. The van der Waals surface area contributed by atoms with Crippen LogP contribution >= 0.6 is 0 Å². The molecule has 0 aliphatic carbocycles. The van der Waals surface area contributed by atoms with Gasteiger partial charge in [-0.1, -0.05) is 24.3 Å². The van der Waals surface area contributed by atoms with Crippen molar-refractivity contribution in [3.8, 4) is 6.07 Å². The summed E-state index contributed by atoms with van der Waals surface area (Å²) >= 11 is 0. The summed E-state index contributed by atoms with van der Waals surface area (Å²) in [6, 6.07) is 10.8. The second kappa shape index (κ2) is 5.31. The van der Waals surface area contributed by atoms with E-state index in [1.54, 1.807) is 0 Å². The Hall–Kier alpha value is -1.37. The largest absolute Gasteiger partial charge is 0.378 e. The molecule has 0 bridgehead atoms. The number of nitrogens with one attached hydrogen (secondary N) is 1. The van der Waals surface area contributed by atoms with Crippen molar-refractivity contribution >= 4 is 0 Å². The molecular weight excluding hydrogens is 212 g/mol. The number of nitrogens with zero attached hydrogens (tertiary/aromatic N) is 1. The number of benzene rings is 1. The second-order valence-electron chi connectivity index (χ2n) is 4.74. The molecule has 0 aromatic heterocycles. The molecule has 1 N–H and O–H groups in total. The van der Waals surface area contributed by atoms with Gasteiger partial charge in [0, 0.05) is 6.54 Å². The topological polar surface area (TPSA) is 45.0 Å². The van der Waals surface area contributed by atoms with Crippen LogP contribution in [0.25, 0.3) is 0 Å². The molecule has 1 saturated heterocycles. The molecule has 1 aromatic carbocycles. The summed E-state index contributed by atoms with van der Waals surface area (Å²) in [7, 11) is 0.